The van der Waals surface area contributed by atoms with Gasteiger partial charge in [0.2, 0.25) is 0 Å². The number of hydrogen-bond acceptors (Lipinski definition) is 1. The van der Waals surface area contributed by atoms with E-state index in [1.807, 2.05) is 0 Å². The Hall–Kier alpha value is -1.54. The van der Waals surface area contributed by atoms with Gasteiger partial charge in [0.25, 0.3) is 0 Å². The maximum Gasteiger partial charge on any atom is 0.122 e. The van der Waals surface area contributed by atoms with E-state index in [-0.39, 0.29) is 0 Å². The van der Waals surface area contributed by atoms with Crippen LogP contribution in [-0.4, -0.2) is 8.07 Å². The van der Waals surface area contributed by atoms with Crippen molar-refractivity contribution in [2.45, 2.75) is 40.1 Å². The fourth-order valence-corrected chi connectivity index (χ4v) is 3.29. The van der Waals surface area contributed by atoms with Gasteiger partial charge in [-0.15, -0.1) is 0 Å². The molecule has 0 aliphatic rings. The second kappa shape index (κ2) is 5.84. The molecule has 0 atom stereocenters. The second-order valence-corrected chi connectivity index (χ2v) is 11.6. The molecule has 0 radical (unpaired) electrons. The highest BCUT2D eigenvalue weighted by Gasteiger charge is 2.15. The molecule has 0 bridgehead atoms. The van der Waals surface area contributed by atoms with Crippen LogP contribution in [0.3, 0.4) is 0 Å². The van der Waals surface area contributed by atoms with Crippen molar-refractivity contribution in [3.63, 3.8) is 0 Å². The smallest absolute Gasteiger partial charge is 0.122 e. The van der Waals surface area contributed by atoms with E-state index in [1.54, 1.807) is 0 Å². The molecule has 0 N–H and O–H groups in total. The minimum Gasteiger partial charge on any atom is -0.489 e. The van der Waals surface area contributed by atoms with Crippen molar-refractivity contribution in [1.29, 1.82) is 0 Å². The number of rotatable bonds is 4. The molecule has 0 aliphatic heterocycles. The fourth-order valence-electron chi connectivity index (χ4n) is 2.12. The predicted octanol–water partition coefficient (Wildman–Crippen LogP) is 4.43. The van der Waals surface area contributed by atoms with Crippen LogP contribution in [0.5, 0.6) is 5.75 Å². The minimum atomic E-state index is -1.20. The quantitative estimate of drug-likeness (QED) is 0.755. The van der Waals surface area contributed by atoms with Crippen LogP contribution in [0.25, 0.3) is 0 Å². The van der Waals surface area contributed by atoms with Gasteiger partial charge >= 0.3 is 0 Å². The van der Waals surface area contributed by atoms with Gasteiger partial charge in [0.15, 0.2) is 0 Å². The monoisotopic (exact) mass is 284 g/mol. The zero-order chi connectivity index (χ0) is 14.8. The van der Waals surface area contributed by atoms with Crippen molar-refractivity contribution in [3.8, 4) is 5.75 Å². The van der Waals surface area contributed by atoms with Crippen molar-refractivity contribution in [2.75, 3.05) is 0 Å². The largest absolute Gasteiger partial charge is 0.489 e. The Morgan fingerprint density at radius 3 is 2.15 bits per heavy atom. The Bertz CT molecular complexity index is 579. The van der Waals surface area contributed by atoms with Crippen LogP contribution in [0, 0.1) is 13.8 Å². The molecule has 0 saturated heterocycles. The third kappa shape index (κ3) is 3.73. The maximum atomic E-state index is 5.94. The van der Waals surface area contributed by atoms with Crippen molar-refractivity contribution < 1.29 is 4.74 Å². The van der Waals surface area contributed by atoms with Crippen LogP contribution < -0.4 is 9.92 Å². The number of hydrogen-bond donors (Lipinski definition) is 0. The molecule has 1 nitrogen and oxygen atoms in total. The summed E-state index contributed by atoms with van der Waals surface area (Å²) in [5, 5.41) is 1.49. The van der Waals surface area contributed by atoms with E-state index in [2.05, 4.69) is 76.0 Å². The molecule has 0 spiro atoms. The first-order valence-corrected chi connectivity index (χ1v) is 10.7. The van der Waals surface area contributed by atoms with Crippen LogP contribution in [0.1, 0.15) is 16.7 Å². The molecule has 2 heteroatoms. The van der Waals surface area contributed by atoms with E-state index in [4.69, 9.17) is 4.74 Å². The van der Waals surface area contributed by atoms with Crippen molar-refractivity contribution in [3.05, 3.63) is 59.2 Å². The molecule has 0 aliphatic carbocycles. The minimum absolute atomic E-state index is 0.635. The summed E-state index contributed by atoms with van der Waals surface area (Å²) in [6.45, 7) is 11.9. The molecule has 0 fully saturated rings. The molecule has 20 heavy (non-hydrogen) atoms. The van der Waals surface area contributed by atoms with Crippen LogP contribution >= 0.6 is 0 Å². The summed E-state index contributed by atoms with van der Waals surface area (Å²) >= 11 is 0. The lowest BCUT2D eigenvalue weighted by atomic mass is 10.1. The van der Waals surface area contributed by atoms with Gasteiger partial charge in [-0.25, -0.2) is 0 Å². The number of benzene rings is 2. The lowest BCUT2D eigenvalue weighted by molar-refractivity contribution is 0.304. The number of ether oxygens (including phenoxy) is 1. The third-order valence-electron chi connectivity index (χ3n) is 3.56. The lowest BCUT2D eigenvalue weighted by Gasteiger charge is -2.17. The Kier molecular flexibility index (Phi) is 4.34. The van der Waals surface area contributed by atoms with Gasteiger partial charge in [0, 0.05) is 0 Å². The van der Waals surface area contributed by atoms with E-state index in [0.29, 0.717) is 6.61 Å². The Morgan fingerprint density at radius 1 is 0.900 bits per heavy atom. The SMILES string of the molecule is Cc1ccc(C)c(OCc2ccc([Si](C)(C)C)cc2)c1. The van der Waals surface area contributed by atoms with Crippen molar-refractivity contribution >= 4 is 13.3 Å². The van der Waals surface area contributed by atoms with Crippen LogP contribution in [-0.2, 0) is 6.61 Å². The molecule has 2 aromatic carbocycles. The topological polar surface area (TPSA) is 9.23 Å². The van der Waals surface area contributed by atoms with Gasteiger partial charge < -0.3 is 4.74 Å². The van der Waals surface area contributed by atoms with Gasteiger partial charge in [0.05, 0.1) is 8.07 Å². The van der Waals surface area contributed by atoms with Crippen molar-refractivity contribution in [2.24, 2.45) is 0 Å². The molecular formula is C18H24OSi. The highest BCUT2D eigenvalue weighted by Crippen LogP contribution is 2.20. The summed E-state index contributed by atoms with van der Waals surface area (Å²) in [6.07, 6.45) is 0. The van der Waals surface area contributed by atoms with Gasteiger partial charge in [-0.3, -0.25) is 0 Å². The summed E-state index contributed by atoms with van der Waals surface area (Å²) < 4.78 is 5.94. The van der Waals surface area contributed by atoms with E-state index in [0.717, 1.165) is 5.75 Å². The van der Waals surface area contributed by atoms with Gasteiger partial charge in [0.1, 0.15) is 12.4 Å². The summed E-state index contributed by atoms with van der Waals surface area (Å²) in [6, 6.07) is 15.2. The molecule has 0 aromatic heterocycles. The molecule has 0 heterocycles. The standard InChI is InChI=1S/C18H24OSi/c1-14-6-7-15(2)18(12-14)19-13-16-8-10-17(11-9-16)20(3,4)5/h6-12H,13H2,1-5H3. The average molecular weight is 284 g/mol. The third-order valence-corrected chi connectivity index (χ3v) is 5.62. The van der Waals surface area contributed by atoms with Gasteiger partial charge in [-0.2, -0.15) is 0 Å². The Morgan fingerprint density at radius 2 is 1.55 bits per heavy atom. The van der Waals surface area contributed by atoms with E-state index in [1.165, 1.54) is 21.9 Å². The fraction of sp³-hybridized carbons (Fsp3) is 0.333. The van der Waals surface area contributed by atoms with E-state index >= 15 is 0 Å². The molecule has 0 saturated carbocycles. The zero-order valence-electron chi connectivity index (χ0n) is 13.2. The predicted molar refractivity (Wildman–Crippen MR) is 89.7 cm³/mol. The lowest BCUT2D eigenvalue weighted by Crippen LogP contribution is -2.37. The van der Waals surface area contributed by atoms with Gasteiger partial charge in [-0.1, -0.05) is 61.2 Å². The first kappa shape index (κ1) is 14.9. The molecule has 106 valence electrons. The Balaban J connectivity index is 2.06. The molecule has 0 unspecified atom stereocenters. The van der Waals surface area contributed by atoms with Crippen LogP contribution in [0.4, 0.5) is 0 Å². The molecule has 0 amide bonds. The summed E-state index contributed by atoms with van der Waals surface area (Å²) in [4.78, 5) is 0. The highest BCUT2D eigenvalue weighted by atomic mass is 28.3. The first-order chi connectivity index (χ1) is 9.36. The highest BCUT2D eigenvalue weighted by molar-refractivity contribution is 6.88. The summed E-state index contributed by atoms with van der Waals surface area (Å²) in [7, 11) is -1.20. The van der Waals surface area contributed by atoms with E-state index < -0.39 is 8.07 Å². The first-order valence-electron chi connectivity index (χ1n) is 7.16. The second-order valence-electron chi connectivity index (χ2n) is 6.50. The summed E-state index contributed by atoms with van der Waals surface area (Å²) in [5.74, 6) is 0.985. The van der Waals surface area contributed by atoms with Crippen LogP contribution in [0.15, 0.2) is 42.5 Å². The van der Waals surface area contributed by atoms with Gasteiger partial charge in [-0.05, 0) is 36.6 Å². The molecular weight excluding hydrogens is 260 g/mol. The zero-order valence-corrected chi connectivity index (χ0v) is 14.2. The maximum absolute atomic E-state index is 5.94. The van der Waals surface area contributed by atoms with Crippen molar-refractivity contribution in [1.82, 2.24) is 0 Å². The summed E-state index contributed by atoms with van der Waals surface area (Å²) in [5.41, 5.74) is 3.65. The molecule has 2 aromatic rings. The Labute approximate surface area is 123 Å². The van der Waals surface area contributed by atoms with E-state index in [9.17, 15) is 0 Å². The molecule has 2 rings (SSSR count). The number of aryl methyl sites for hydroxylation is 2. The van der Waals surface area contributed by atoms with Crippen LogP contribution in [0.2, 0.25) is 19.6 Å². The normalized spacial score (nSPS) is 11.4. The average Bonchev–Trinajstić information content (AvgIpc) is 2.39.